The van der Waals surface area contributed by atoms with Crippen LogP contribution in [-0.4, -0.2) is 58.1 Å². The highest BCUT2D eigenvalue weighted by Crippen LogP contribution is 2.27. The Morgan fingerprint density at radius 2 is 2.00 bits per heavy atom. The zero-order chi connectivity index (χ0) is 26.9. The van der Waals surface area contributed by atoms with Crippen LogP contribution in [0.4, 0.5) is 23.7 Å². The molecule has 2 aromatic heterocycles. The van der Waals surface area contributed by atoms with Crippen molar-refractivity contribution in [1.29, 1.82) is 0 Å². The second kappa shape index (κ2) is 12.9. The summed E-state index contributed by atoms with van der Waals surface area (Å²) in [6.07, 6.45) is 1.59. The van der Waals surface area contributed by atoms with Crippen molar-refractivity contribution in [2.45, 2.75) is 51.4 Å². The van der Waals surface area contributed by atoms with Gasteiger partial charge < -0.3 is 26.8 Å². The number of nitrogens with one attached hydrogen (secondary N) is 3. The molecule has 1 aliphatic rings. The summed E-state index contributed by atoms with van der Waals surface area (Å²) in [5, 5.41) is 20.3. The number of carbonyl (C=O) groups is 3. The third kappa shape index (κ3) is 9.23. The number of thiophene rings is 1. The molecule has 0 unspecified atom stereocenters. The summed E-state index contributed by atoms with van der Waals surface area (Å²) in [5.74, 6) is 3.11. The van der Waals surface area contributed by atoms with Crippen LogP contribution in [0.1, 0.15) is 59.3 Å². The van der Waals surface area contributed by atoms with Gasteiger partial charge in [0.25, 0.3) is 5.91 Å². The predicted octanol–water partition coefficient (Wildman–Crippen LogP) is 2.92. The first-order valence-corrected chi connectivity index (χ1v) is 11.8. The fraction of sp³-hybridized carbons (Fsp3) is 0.455. The molecule has 14 heteroatoms. The Bertz CT molecular complexity index is 1120. The highest BCUT2D eigenvalue weighted by molar-refractivity contribution is 7.15. The molecule has 6 N–H and O–H groups in total. The van der Waals surface area contributed by atoms with Gasteiger partial charge in [0.15, 0.2) is 0 Å². The van der Waals surface area contributed by atoms with Crippen molar-refractivity contribution >= 4 is 34.9 Å². The number of aromatic nitrogens is 2. The van der Waals surface area contributed by atoms with Crippen LogP contribution in [0.2, 0.25) is 0 Å². The minimum absolute atomic E-state index is 0.0601. The lowest BCUT2D eigenvalue weighted by Crippen LogP contribution is -2.40. The number of primary amides is 1. The summed E-state index contributed by atoms with van der Waals surface area (Å²) in [7, 11) is 0. The minimum atomic E-state index is -5.08. The first-order valence-electron chi connectivity index (χ1n) is 10.9. The molecule has 1 aliphatic heterocycles. The lowest BCUT2D eigenvalue weighted by atomic mass is 10.1. The third-order valence-electron chi connectivity index (χ3n) is 4.78. The molecule has 1 atom stereocenters. The fourth-order valence-electron chi connectivity index (χ4n) is 3.06. The summed E-state index contributed by atoms with van der Waals surface area (Å²) in [4.78, 5) is 34.1. The minimum Gasteiger partial charge on any atom is -0.475 e. The number of hydrogen-bond acceptors (Lipinski definition) is 6. The highest BCUT2D eigenvalue weighted by atomic mass is 32.1. The highest BCUT2D eigenvalue weighted by Gasteiger charge is 2.38. The van der Waals surface area contributed by atoms with Gasteiger partial charge in [0.05, 0.1) is 22.3 Å². The molecule has 3 heterocycles. The van der Waals surface area contributed by atoms with Crippen molar-refractivity contribution in [3.63, 3.8) is 0 Å². The molecular formula is C22H27F3N6O4S. The summed E-state index contributed by atoms with van der Waals surface area (Å²) >= 11 is 1.23. The van der Waals surface area contributed by atoms with Crippen molar-refractivity contribution in [3.05, 3.63) is 33.8 Å². The van der Waals surface area contributed by atoms with Crippen molar-refractivity contribution in [3.8, 4) is 11.8 Å². The van der Waals surface area contributed by atoms with Crippen LogP contribution in [0.15, 0.2) is 18.5 Å². The number of carbonyl (C=O) groups excluding carboxylic acids is 2. The van der Waals surface area contributed by atoms with Crippen LogP contribution < -0.4 is 21.7 Å². The second-order valence-corrected chi connectivity index (χ2v) is 9.12. The normalized spacial score (nSPS) is 15.6. The molecule has 196 valence electrons. The van der Waals surface area contributed by atoms with Crippen LogP contribution in [-0.2, 0) is 4.79 Å². The SMILES string of the molecule is CC(C)n1cc(C#Cc2cc(NC(N)=O)c(C(=O)N[C@H]3CCCCNC3)s2)cn1.O=C(O)C(F)(F)F. The zero-order valence-corrected chi connectivity index (χ0v) is 20.4. The van der Waals surface area contributed by atoms with E-state index in [0.29, 0.717) is 15.4 Å². The number of rotatable bonds is 4. The van der Waals surface area contributed by atoms with Crippen LogP contribution in [0.5, 0.6) is 0 Å². The number of halogens is 3. The van der Waals surface area contributed by atoms with Crippen molar-refractivity contribution in [1.82, 2.24) is 20.4 Å². The summed E-state index contributed by atoms with van der Waals surface area (Å²) < 4.78 is 33.6. The summed E-state index contributed by atoms with van der Waals surface area (Å²) in [6, 6.07) is 1.28. The number of anilines is 1. The Labute approximate surface area is 209 Å². The first-order chi connectivity index (χ1) is 16.9. The van der Waals surface area contributed by atoms with Gasteiger partial charge in [-0.1, -0.05) is 18.3 Å². The fourth-order valence-corrected chi connectivity index (χ4v) is 3.93. The van der Waals surface area contributed by atoms with Gasteiger partial charge in [-0.25, -0.2) is 9.59 Å². The number of nitrogens with two attached hydrogens (primary N) is 1. The third-order valence-corrected chi connectivity index (χ3v) is 5.83. The average molecular weight is 529 g/mol. The predicted molar refractivity (Wildman–Crippen MR) is 128 cm³/mol. The molecule has 0 aliphatic carbocycles. The van der Waals surface area contributed by atoms with E-state index >= 15 is 0 Å². The maximum Gasteiger partial charge on any atom is 0.490 e. The Morgan fingerprint density at radius 1 is 1.31 bits per heavy atom. The molecule has 0 aromatic carbocycles. The topological polar surface area (TPSA) is 151 Å². The molecule has 1 saturated heterocycles. The van der Waals surface area contributed by atoms with Gasteiger partial charge in [0, 0.05) is 24.8 Å². The van der Waals surface area contributed by atoms with Crippen molar-refractivity contribution < 1.29 is 32.7 Å². The Balaban J connectivity index is 0.000000572. The van der Waals surface area contributed by atoms with E-state index in [1.807, 2.05) is 24.7 Å². The van der Waals surface area contributed by atoms with E-state index in [2.05, 4.69) is 32.9 Å². The first kappa shape index (κ1) is 28.7. The quantitative estimate of drug-likeness (QED) is 0.385. The van der Waals surface area contributed by atoms with E-state index in [0.717, 1.165) is 37.9 Å². The number of amides is 3. The average Bonchev–Trinajstić information content (AvgIpc) is 3.33. The van der Waals surface area contributed by atoms with Gasteiger partial charge in [0.1, 0.15) is 4.88 Å². The lowest BCUT2D eigenvalue weighted by Gasteiger charge is -2.16. The number of nitrogens with zero attached hydrogens (tertiary/aromatic N) is 2. The largest absolute Gasteiger partial charge is 0.490 e. The zero-order valence-electron chi connectivity index (χ0n) is 19.6. The molecule has 36 heavy (non-hydrogen) atoms. The Kier molecular flexibility index (Phi) is 10.3. The van der Waals surface area contributed by atoms with Gasteiger partial charge in [-0.05, 0) is 39.3 Å². The number of carboxylic acids is 1. The van der Waals surface area contributed by atoms with Gasteiger partial charge in [-0.3, -0.25) is 9.48 Å². The number of carboxylic acid groups (broad SMARTS) is 1. The molecule has 3 rings (SSSR count). The van der Waals surface area contributed by atoms with Gasteiger partial charge in [-0.2, -0.15) is 18.3 Å². The molecule has 0 bridgehead atoms. The lowest BCUT2D eigenvalue weighted by molar-refractivity contribution is -0.192. The molecular weight excluding hydrogens is 501 g/mol. The smallest absolute Gasteiger partial charge is 0.475 e. The number of alkyl halides is 3. The van der Waals surface area contributed by atoms with Crippen LogP contribution in [0.3, 0.4) is 0 Å². The van der Waals surface area contributed by atoms with Crippen LogP contribution in [0.25, 0.3) is 0 Å². The van der Waals surface area contributed by atoms with Crippen LogP contribution >= 0.6 is 11.3 Å². The molecule has 3 amide bonds. The maximum atomic E-state index is 12.8. The van der Waals surface area contributed by atoms with E-state index in [-0.39, 0.29) is 18.0 Å². The van der Waals surface area contributed by atoms with E-state index in [1.54, 1.807) is 12.3 Å². The molecule has 0 saturated carbocycles. The van der Waals surface area contributed by atoms with Gasteiger partial charge >= 0.3 is 18.2 Å². The Hall–Kier alpha value is -3.57. The second-order valence-electron chi connectivity index (χ2n) is 8.07. The molecule has 1 fully saturated rings. The number of urea groups is 1. The van der Waals surface area contributed by atoms with E-state index in [1.165, 1.54) is 11.3 Å². The number of aliphatic carboxylic acids is 1. The summed E-state index contributed by atoms with van der Waals surface area (Å²) in [5.41, 5.74) is 6.43. The monoisotopic (exact) mass is 528 g/mol. The summed E-state index contributed by atoms with van der Waals surface area (Å²) in [6.45, 7) is 5.79. The van der Waals surface area contributed by atoms with Crippen molar-refractivity contribution in [2.24, 2.45) is 5.73 Å². The van der Waals surface area contributed by atoms with E-state index in [4.69, 9.17) is 15.6 Å². The van der Waals surface area contributed by atoms with E-state index < -0.39 is 18.2 Å². The molecule has 10 nitrogen and oxygen atoms in total. The van der Waals surface area contributed by atoms with Crippen molar-refractivity contribution in [2.75, 3.05) is 18.4 Å². The standard InChI is InChI=1S/C20H26N6O2S.C2HF3O2/c1-13(2)26-12-14(10-23-26)6-7-16-9-17(25-20(21)28)18(29-16)19(27)24-15-5-3-4-8-22-11-15;3-2(4,5)1(6)7/h9-10,12-13,15,22H,3-5,8,11H2,1-2H3,(H,24,27)(H3,21,25,28);(H,6,7)/t15-;/m0./s1. The molecule has 0 radical (unpaired) electrons. The molecule has 0 spiro atoms. The van der Waals surface area contributed by atoms with Gasteiger partial charge in [-0.15, -0.1) is 11.3 Å². The van der Waals surface area contributed by atoms with E-state index in [9.17, 15) is 22.8 Å². The number of hydrogen-bond donors (Lipinski definition) is 5. The Morgan fingerprint density at radius 3 is 2.58 bits per heavy atom. The van der Waals surface area contributed by atoms with Gasteiger partial charge in [0.2, 0.25) is 0 Å². The van der Waals surface area contributed by atoms with Crippen LogP contribution in [0, 0.1) is 11.8 Å². The molecule has 2 aromatic rings. The maximum absolute atomic E-state index is 12.8.